The average molecular weight is 269 g/mol. The van der Waals surface area contributed by atoms with Gasteiger partial charge in [0.25, 0.3) is 0 Å². The Labute approximate surface area is 114 Å². The van der Waals surface area contributed by atoms with E-state index < -0.39 is 0 Å². The van der Waals surface area contributed by atoms with E-state index in [1.165, 1.54) is 6.42 Å². The van der Waals surface area contributed by atoms with Crippen molar-refractivity contribution in [1.82, 2.24) is 9.80 Å². The monoisotopic (exact) mass is 269 g/mol. The summed E-state index contributed by atoms with van der Waals surface area (Å²) in [5.41, 5.74) is 5.76. The van der Waals surface area contributed by atoms with Gasteiger partial charge in [-0.2, -0.15) is 0 Å². The summed E-state index contributed by atoms with van der Waals surface area (Å²) in [6.45, 7) is 5.56. The first-order valence-electron chi connectivity index (χ1n) is 6.95. The van der Waals surface area contributed by atoms with E-state index in [0.717, 1.165) is 45.4 Å². The lowest BCUT2D eigenvalue weighted by atomic mass is 9.84. The van der Waals surface area contributed by atoms with Crippen molar-refractivity contribution in [2.75, 3.05) is 26.2 Å². The topological polar surface area (TPSA) is 49.6 Å². The molecule has 0 aromatic carbocycles. The predicted octanol–water partition coefficient (Wildman–Crippen LogP) is 0.995. The van der Waals surface area contributed by atoms with Crippen LogP contribution in [-0.2, 0) is 4.79 Å². The maximum atomic E-state index is 12.1. The maximum Gasteiger partial charge on any atom is 0.225 e. The highest BCUT2D eigenvalue weighted by Crippen LogP contribution is 2.28. The molecule has 0 aromatic heterocycles. The molecule has 1 saturated heterocycles. The van der Waals surface area contributed by atoms with Crippen molar-refractivity contribution in [2.24, 2.45) is 11.7 Å². The van der Waals surface area contributed by atoms with Crippen molar-refractivity contribution in [3.63, 3.8) is 0 Å². The van der Waals surface area contributed by atoms with E-state index in [9.17, 15) is 4.79 Å². The Hall–Kier alpha value is -0.680. The zero-order valence-corrected chi connectivity index (χ0v) is 11.9. The lowest BCUT2D eigenvalue weighted by Crippen LogP contribution is -2.55. The van der Waals surface area contributed by atoms with Gasteiger partial charge in [0.2, 0.25) is 5.91 Å². The Morgan fingerprint density at radius 3 is 2.33 bits per heavy atom. The molecule has 102 valence electrons. The van der Waals surface area contributed by atoms with Crippen LogP contribution in [0.4, 0.5) is 0 Å². The maximum absolute atomic E-state index is 12.1. The SMILES string of the molecule is CCC(C(N)=S)N1CCN(C(=O)C2CCC2)CC1. The lowest BCUT2D eigenvalue weighted by Gasteiger charge is -2.40. The van der Waals surface area contributed by atoms with Crippen LogP contribution in [0.3, 0.4) is 0 Å². The van der Waals surface area contributed by atoms with Crippen molar-refractivity contribution in [2.45, 2.75) is 38.6 Å². The van der Waals surface area contributed by atoms with Crippen LogP contribution in [0, 0.1) is 5.92 Å². The fourth-order valence-electron chi connectivity index (χ4n) is 2.81. The summed E-state index contributed by atoms with van der Waals surface area (Å²) < 4.78 is 0. The highest BCUT2D eigenvalue weighted by molar-refractivity contribution is 7.80. The van der Waals surface area contributed by atoms with Crippen LogP contribution in [0.5, 0.6) is 0 Å². The third kappa shape index (κ3) is 2.83. The van der Waals surface area contributed by atoms with E-state index >= 15 is 0 Å². The van der Waals surface area contributed by atoms with Gasteiger partial charge in [-0.05, 0) is 19.3 Å². The molecule has 1 heterocycles. The van der Waals surface area contributed by atoms with E-state index in [1.807, 2.05) is 4.90 Å². The number of piperazine rings is 1. The number of nitrogens with two attached hydrogens (primary N) is 1. The molecule has 1 unspecified atom stereocenters. The molecule has 2 rings (SSSR count). The molecule has 0 radical (unpaired) electrons. The van der Waals surface area contributed by atoms with E-state index in [4.69, 9.17) is 18.0 Å². The van der Waals surface area contributed by atoms with Crippen LogP contribution in [0.25, 0.3) is 0 Å². The molecule has 0 bridgehead atoms. The van der Waals surface area contributed by atoms with Crippen LogP contribution >= 0.6 is 12.2 Å². The molecular weight excluding hydrogens is 246 g/mol. The molecule has 1 aliphatic heterocycles. The summed E-state index contributed by atoms with van der Waals surface area (Å²) in [7, 11) is 0. The lowest BCUT2D eigenvalue weighted by molar-refractivity contribution is -0.140. The quantitative estimate of drug-likeness (QED) is 0.774. The number of hydrogen-bond acceptors (Lipinski definition) is 3. The van der Waals surface area contributed by atoms with Gasteiger partial charge >= 0.3 is 0 Å². The minimum atomic E-state index is 0.195. The molecule has 18 heavy (non-hydrogen) atoms. The fourth-order valence-corrected chi connectivity index (χ4v) is 3.12. The minimum absolute atomic E-state index is 0.195. The molecule has 2 fully saturated rings. The van der Waals surface area contributed by atoms with E-state index in [-0.39, 0.29) is 6.04 Å². The van der Waals surface area contributed by atoms with Gasteiger partial charge in [0.1, 0.15) is 0 Å². The van der Waals surface area contributed by atoms with Gasteiger partial charge in [-0.1, -0.05) is 25.6 Å². The molecule has 4 nitrogen and oxygen atoms in total. The molecular formula is C13H23N3OS. The van der Waals surface area contributed by atoms with E-state index in [0.29, 0.717) is 16.8 Å². The van der Waals surface area contributed by atoms with E-state index in [1.54, 1.807) is 0 Å². The first-order valence-corrected chi connectivity index (χ1v) is 7.36. The highest BCUT2D eigenvalue weighted by Gasteiger charge is 2.32. The van der Waals surface area contributed by atoms with Crippen LogP contribution in [0.1, 0.15) is 32.6 Å². The Bertz CT molecular complexity index is 322. The van der Waals surface area contributed by atoms with Crippen LogP contribution in [0.15, 0.2) is 0 Å². The van der Waals surface area contributed by atoms with E-state index in [2.05, 4.69) is 11.8 Å². The number of thiocarbonyl (C=S) groups is 1. The Morgan fingerprint density at radius 1 is 1.33 bits per heavy atom. The number of hydrogen-bond donors (Lipinski definition) is 1. The van der Waals surface area contributed by atoms with Gasteiger partial charge in [0, 0.05) is 32.1 Å². The smallest absolute Gasteiger partial charge is 0.225 e. The second-order valence-electron chi connectivity index (χ2n) is 5.32. The number of carbonyl (C=O) groups excluding carboxylic acids is 1. The van der Waals surface area contributed by atoms with Gasteiger partial charge < -0.3 is 10.6 Å². The van der Waals surface area contributed by atoms with Gasteiger partial charge in [0.15, 0.2) is 0 Å². The number of rotatable bonds is 4. The summed E-state index contributed by atoms with van der Waals surface area (Å²) >= 11 is 5.10. The molecule has 1 atom stereocenters. The Balaban J connectivity index is 1.83. The Morgan fingerprint density at radius 2 is 1.94 bits per heavy atom. The molecule has 1 amide bonds. The van der Waals surface area contributed by atoms with Crippen molar-refractivity contribution >= 4 is 23.1 Å². The third-order valence-electron chi connectivity index (χ3n) is 4.24. The largest absolute Gasteiger partial charge is 0.392 e. The normalized spacial score (nSPS) is 23.5. The zero-order valence-electron chi connectivity index (χ0n) is 11.1. The second-order valence-corrected chi connectivity index (χ2v) is 5.79. The van der Waals surface area contributed by atoms with Crippen molar-refractivity contribution < 1.29 is 4.79 Å². The summed E-state index contributed by atoms with van der Waals surface area (Å²) in [4.78, 5) is 17.0. The highest BCUT2D eigenvalue weighted by atomic mass is 32.1. The first kappa shape index (κ1) is 13.7. The summed E-state index contributed by atoms with van der Waals surface area (Å²) in [6, 6.07) is 0.195. The Kier molecular flexibility index (Phi) is 4.56. The summed E-state index contributed by atoms with van der Waals surface area (Å²) in [6.07, 6.45) is 4.34. The summed E-state index contributed by atoms with van der Waals surface area (Å²) in [5, 5.41) is 0. The van der Waals surface area contributed by atoms with Gasteiger partial charge in [-0.3, -0.25) is 9.69 Å². The molecule has 2 aliphatic rings. The molecule has 5 heteroatoms. The second kappa shape index (κ2) is 5.97. The standard InChI is InChI=1S/C13H23N3OS/c1-2-11(12(14)18)15-6-8-16(9-7-15)13(17)10-4-3-5-10/h10-11H,2-9H2,1H3,(H2,14,18). The molecule has 0 aromatic rings. The number of carbonyl (C=O) groups is 1. The summed E-state index contributed by atoms with van der Waals surface area (Å²) in [5.74, 6) is 0.679. The van der Waals surface area contributed by atoms with Crippen molar-refractivity contribution in [3.05, 3.63) is 0 Å². The average Bonchev–Trinajstić information content (AvgIpc) is 2.28. The number of nitrogens with zero attached hydrogens (tertiary/aromatic N) is 2. The van der Waals surface area contributed by atoms with Crippen molar-refractivity contribution in [3.8, 4) is 0 Å². The van der Waals surface area contributed by atoms with Gasteiger partial charge in [-0.15, -0.1) is 0 Å². The molecule has 2 N–H and O–H groups in total. The molecule has 0 spiro atoms. The first-order chi connectivity index (χ1) is 8.63. The molecule has 1 aliphatic carbocycles. The third-order valence-corrected chi connectivity index (χ3v) is 4.51. The zero-order chi connectivity index (χ0) is 13.1. The fraction of sp³-hybridized carbons (Fsp3) is 0.846. The minimum Gasteiger partial charge on any atom is -0.392 e. The predicted molar refractivity (Wildman–Crippen MR) is 76.4 cm³/mol. The van der Waals surface area contributed by atoms with Crippen LogP contribution in [0.2, 0.25) is 0 Å². The molecule has 1 saturated carbocycles. The van der Waals surface area contributed by atoms with Gasteiger partial charge in [0.05, 0.1) is 11.0 Å². The van der Waals surface area contributed by atoms with Crippen molar-refractivity contribution in [1.29, 1.82) is 0 Å². The van der Waals surface area contributed by atoms with Crippen LogP contribution < -0.4 is 5.73 Å². The van der Waals surface area contributed by atoms with Crippen LogP contribution in [-0.4, -0.2) is 52.9 Å². The van der Waals surface area contributed by atoms with Gasteiger partial charge in [-0.25, -0.2) is 0 Å². The number of amides is 1.